The number of amides is 1. The van der Waals surface area contributed by atoms with Crippen molar-refractivity contribution in [2.75, 3.05) is 18.5 Å². The van der Waals surface area contributed by atoms with Crippen LogP contribution in [-0.2, 0) is 24.4 Å². The van der Waals surface area contributed by atoms with Crippen LogP contribution in [-0.4, -0.2) is 34.7 Å². The topological polar surface area (TPSA) is 83.0 Å². The number of nitrogens with zero attached hydrogens (tertiary/aromatic N) is 2. The van der Waals surface area contributed by atoms with Gasteiger partial charge in [0, 0.05) is 5.69 Å². The number of hydrogen-bond donors (Lipinski definition) is 2. The molecule has 2 N–H and O–H groups in total. The molecule has 4 heterocycles. The van der Waals surface area contributed by atoms with E-state index in [4.69, 9.17) is 18.9 Å². The van der Waals surface area contributed by atoms with Crippen molar-refractivity contribution in [1.82, 2.24) is 9.55 Å². The molecule has 2 aliphatic rings. The van der Waals surface area contributed by atoms with E-state index in [0.29, 0.717) is 17.2 Å². The maximum Gasteiger partial charge on any atom is 0.269 e. The van der Waals surface area contributed by atoms with Gasteiger partial charge in [-0.1, -0.05) is 12.1 Å². The summed E-state index contributed by atoms with van der Waals surface area (Å²) in [6.45, 7) is 3.78. The number of carbonyl (C=O) groups excluding carboxylic acids is 1. The van der Waals surface area contributed by atoms with Crippen molar-refractivity contribution in [1.29, 1.82) is 0 Å². The first-order chi connectivity index (χ1) is 15.7. The first kappa shape index (κ1) is 18.9. The Morgan fingerprint density at radius 1 is 1.16 bits per heavy atom. The minimum absolute atomic E-state index is 0.179. The van der Waals surface area contributed by atoms with Gasteiger partial charge in [0.15, 0.2) is 23.1 Å². The molecule has 162 valence electrons. The molecule has 0 fully saturated rings. The molecule has 0 saturated carbocycles. The summed E-state index contributed by atoms with van der Waals surface area (Å²) in [5.41, 5.74) is 2.66. The predicted octanol–water partition coefficient (Wildman–Crippen LogP) is 2.01. The fraction of sp³-hybridized carbons (Fsp3) is 0.250. The van der Waals surface area contributed by atoms with Gasteiger partial charge in [0.2, 0.25) is 6.10 Å². The average molecular weight is 431 g/mol. The second-order valence-electron chi connectivity index (χ2n) is 8.17. The standard InChI is InChI=1S/C24H22N4O4/c29-24(22-15-31-20-5-1-2-6-21(20)32-22)25-16-7-8-19-18(12-16)26-23-14-27(9-10-28(19)23)13-17-4-3-11-30-17/h1-8,11-12,22H,9-10,13-15H2,(H,25,29)/p+1/t22-/m0/s1. The van der Waals surface area contributed by atoms with Crippen LogP contribution < -0.4 is 19.7 Å². The molecule has 1 unspecified atom stereocenters. The summed E-state index contributed by atoms with van der Waals surface area (Å²) in [5, 5.41) is 2.94. The Bertz CT molecular complexity index is 1280. The number of aromatic nitrogens is 2. The summed E-state index contributed by atoms with van der Waals surface area (Å²) >= 11 is 0. The molecule has 2 atom stereocenters. The van der Waals surface area contributed by atoms with Gasteiger partial charge in [-0.15, -0.1) is 0 Å². The van der Waals surface area contributed by atoms with Gasteiger partial charge in [0.25, 0.3) is 5.91 Å². The van der Waals surface area contributed by atoms with E-state index in [2.05, 4.69) is 9.88 Å². The summed E-state index contributed by atoms with van der Waals surface area (Å²) in [5.74, 6) is 3.04. The number of furan rings is 1. The molecular weight excluding hydrogens is 408 g/mol. The molecule has 6 rings (SSSR count). The Balaban J connectivity index is 1.17. The Morgan fingerprint density at radius 2 is 2.06 bits per heavy atom. The van der Waals surface area contributed by atoms with Crippen molar-refractivity contribution in [3.05, 3.63) is 72.4 Å². The van der Waals surface area contributed by atoms with Crippen LogP contribution in [0.15, 0.2) is 65.3 Å². The maximum absolute atomic E-state index is 12.7. The Morgan fingerprint density at radius 3 is 2.94 bits per heavy atom. The molecule has 0 aliphatic carbocycles. The summed E-state index contributed by atoms with van der Waals surface area (Å²) < 4.78 is 19.2. The van der Waals surface area contributed by atoms with Crippen LogP contribution in [0.2, 0.25) is 0 Å². The third kappa shape index (κ3) is 3.48. The van der Waals surface area contributed by atoms with Crippen molar-refractivity contribution in [3.8, 4) is 11.5 Å². The van der Waals surface area contributed by atoms with Gasteiger partial charge in [-0.25, -0.2) is 4.98 Å². The number of carbonyl (C=O) groups is 1. The average Bonchev–Trinajstić information content (AvgIpc) is 3.45. The highest BCUT2D eigenvalue weighted by atomic mass is 16.6. The van der Waals surface area contributed by atoms with Crippen LogP contribution in [0.4, 0.5) is 5.69 Å². The van der Waals surface area contributed by atoms with Crippen LogP contribution in [0, 0.1) is 0 Å². The van der Waals surface area contributed by atoms with Crippen molar-refractivity contribution in [2.45, 2.75) is 25.7 Å². The van der Waals surface area contributed by atoms with Crippen molar-refractivity contribution >= 4 is 22.6 Å². The van der Waals surface area contributed by atoms with E-state index in [0.717, 1.165) is 48.8 Å². The molecule has 0 radical (unpaired) electrons. The SMILES string of the molecule is O=C(Nc1ccc2c(c1)nc1n2CC[NH+](Cc2ccco2)C1)[C@@H]1COc2ccccc2O1. The van der Waals surface area contributed by atoms with Crippen molar-refractivity contribution in [3.63, 3.8) is 0 Å². The van der Waals surface area contributed by atoms with Gasteiger partial charge in [-0.3, -0.25) is 4.79 Å². The van der Waals surface area contributed by atoms with Crippen LogP contribution in [0.25, 0.3) is 11.0 Å². The molecule has 8 heteroatoms. The van der Waals surface area contributed by atoms with E-state index in [-0.39, 0.29) is 12.5 Å². The van der Waals surface area contributed by atoms with E-state index >= 15 is 0 Å². The Labute approximate surface area is 184 Å². The summed E-state index contributed by atoms with van der Waals surface area (Å²) in [7, 11) is 0. The monoisotopic (exact) mass is 431 g/mol. The number of ether oxygens (including phenoxy) is 2. The van der Waals surface area contributed by atoms with E-state index in [9.17, 15) is 4.79 Å². The molecular formula is C24H23N4O4+. The number of rotatable bonds is 4. The number of hydrogen-bond acceptors (Lipinski definition) is 5. The van der Waals surface area contributed by atoms with Gasteiger partial charge in [-0.05, 0) is 42.5 Å². The third-order valence-corrected chi connectivity index (χ3v) is 6.00. The first-order valence-electron chi connectivity index (χ1n) is 10.8. The molecule has 0 saturated heterocycles. The lowest BCUT2D eigenvalue weighted by Gasteiger charge is -2.25. The van der Waals surface area contributed by atoms with Crippen molar-refractivity contribution in [2.24, 2.45) is 0 Å². The number of imidazole rings is 1. The molecule has 2 aromatic heterocycles. The lowest BCUT2D eigenvalue weighted by molar-refractivity contribution is -0.932. The molecule has 0 spiro atoms. The third-order valence-electron chi connectivity index (χ3n) is 6.00. The smallest absolute Gasteiger partial charge is 0.269 e. The number of para-hydroxylation sites is 2. The second kappa shape index (κ2) is 7.72. The second-order valence-corrected chi connectivity index (χ2v) is 8.17. The lowest BCUT2D eigenvalue weighted by Crippen LogP contribution is -3.10. The van der Waals surface area contributed by atoms with Crippen LogP contribution in [0.3, 0.4) is 0 Å². The van der Waals surface area contributed by atoms with Crippen molar-refractivity contribution < 1.29 is 23.6 Å². The summed E-state index contributed by atoms with van der Waals surface area (Å²) in [4.78, 5) is 19.0. The molecule has 4 aromatic rings. The molecule has 2 aliphatic heterocycles. The van der Waals surface area contributed by atoms with E-state index in [1.165, 1.54) is 4.90 Å². The molecule has 1 amide bonds. The normalized spacial score (nSPS) is 19.5. The Hall–Kier alpha value is -3.78. The number of quaternary nitrogens is 1. The Kier molecular flexibility index (Phi) is 4.57. The highest BCUT2D eigenvalue weighted by Crippen LogP contribution is 2.31. The zero-order valence-corrected chi connectivity index (χ0v) is 17.4. The minimum Gasteiger partial charge on any atom is -0.485 e. The fourth-order valence-corrected chi connectivity index (χ4v) is 4.41. The molecule has 32 heavy (non-hydrogen) atoms. The molecule has 0 bridgehead atoms. The number of nitrogens with one attached hydrogen (secondary N) is 2. The van der Waals surface area contributed by atoms with Gasteiger partial charge in [-0.2, -0.15) is 0 Å². The van der Waals surface area contributed by atoms with Crippen LogP contribution in [0.1, 0.15) is 11.6 Å². The van der Waals surface area contributed by atoms with Gasteiger partial charge in [0.05, 0.1) is 30.4 Å². The summed E-state index contributed by atoms with van der Waals surface area (Å²) in [6.07, 6.45) is 1.02. The lowest BCUT2D eigenvalue weighted by atomic mass is 10.2. The maximum atomic E-state index is 12.7. The van der Waals surface area contributed by atoms with Gasteiger partial charge < -0.3 is 28.7 Å². The highest BCUT2D eigenvalue weighted by molar-refractivity contribution is 5.96. The number of anilines is 1. The van der Waals surface area contributed by atoms with Gasteiger partial charge >= 0.3 is 0 Å². The number of fused-ring (bicyclic) bond motifs is 4. The van der Waals surface area contributed by atoms with E-state index in [1.807, 2.05) is 48.5 Å². The quantitative estimate of drug-likeness (QED) is 0.517. The van der Waals surface area contributed by atoms with Crippen LogP contribution >= 0.6 is 0 Å². The zero-order chi connectivity index (χ0) is 21.5. The van der Waals surface area contributed by atoms with Crippen LogP contribution in [0.5, 0.6) is 11.5 Å². The minimum atomic E-state index is -0.699. The van der Waals surface area contributed by atoms with Gasteiger partial charge in [0.1, 0.15) is 19.7 Å². The molecule has 8 nitrogen and oxygen atoms in total. The molecule has 2 aromatic carbocycles. The predicted molar refractivity (Wildman–Crippen MR) is 117 cm³/mol. The summed E-state index contributed by atoms with van der Waals surface area (Å²) in [6, 6.07) is 17.1. The fourth-order valence-electron chi connectivity index (χ4n) is 4.41. The van der Waals surface area contributed by atoms with E-state index in [1.54, 1.807) is 12.3 Å². The highest BCUT2D eigenvalue weighted by Gasteiger charge is 2.28. The van der Waals surface area contributed by atoms with E-state index < -0.39 is 6.10 Å². The largest absolute Gasteiger partial charge is 0.485 e. The first-order valence-corrected chi connectivity index (χ1v) is 10.8. The number of benzene rings is 2. The zero-order valence-electron chi connectivity index (χ0n) is 17.4.